The van der Waals surface area contributed by atoms with Crippen molar-refractivity contribution in [3.05, 3.63) is 66.2 Å². The van der Waals surface area contributed by atoms with E-state index in [1.807, 2.05) is 48.5 Å². The molecular weight excluding hydrogens is 292 g/mol. The number of para-hydroxylation sites is 1. The van der Waals surface area contributed by atoms with Gasteiger partial charge in [0.1, 0.15) is 11.8 Å². The fourth-order valence-electron chi connectivity index (χ4n) is 2.53. The lowest BCUT2D eigenvalue weighted by Gasteiger charge is -2.37. The normalized spacial score (nSPS) is 19.4. The molecule has 2 amide bonds. The number of carbonyl (C=O) groups is 2. The molecule has 23 heavy (non-hydrogen) atoms. The summed E-state index contributed by atoms with van der Waals surface area (Å²) in [6, 6.07) is 18.4. The van der Waals surface area contributed by atoms with Crippen LogP contribution in [-0.2, 0) is 16.0 Å². The molecule has 118 valence electrons. The van der Waals surface area contributed by atoms with Gasteiger partial charge in [-0.25, -0.2) is 0 Å². The summed E-state index contributed by atoms with van der Waals surface area (Å²) in [6.07, 6.45) is 0.692. The summed E-state index contributed by atoms with van der Waals surface area (Å²) in [5, 5.41) is 5.56. The fourth-order valence-corrected chi connectivity index (χ4v) is 2.53. The van der Waals surface area contributed by atoms with Crippen LogP contribution < -0.4 is 15.4 Å². The number of hydrogen-bond acceptors (Lipinski definition) is 3. The molecule has 1 aliphatic rings. The van der Waals surface area contributed by atoms with Crippen LogP contribution in [0.1, 0.15) is 5.56 Å². The summed E-state index contributed by atoms with van der Waals surface area (Å²) in [7, 11) is 0. The average Bonchev–Trinajstić information content (AvgIpc) is 2.59. The quantitative estimate of drug-likeness (QED) is 0.790. The standard InChI is InChI=1S/C18H18N2O3/c21-16(12-23-14-9-5-2-6-10-14)20-17-15(19-18(17)22)11-13-7-3-1-4-8-13/h1-10,15,17H,11-12H2,(H,19,22)(H,20,21)/t15-,17+/m1/s1. The maximum Gasteiger partial charge on any atom is 0.258 e. The minimum atomic E-state index is -0.498. The number of rotatable bonds is 6. The third-order valence-electron chi connectivity index (χ3n) is 3.74. The van der Waals surface area contributed by atoms with Gasteiger partial charge in [-0.15, -0.1) is 0 Å². The highest BCUT2D eigenvalue weighted by Crippen LogP contribution is 2.13. The Morgan fingerprint density at radius 2 is 1.70 bits per heavy atom. The Balaban J connectivity index is 1.49. The number of β-lactam (4-membered cyclic amide) rings is 1. The van der Waals surface area contributed by atoms with E-state index in [1.165, 1.54) is 0 Å². The number of nitrogens with one attached hydrogen (secondary N) is 2. The van der Waals surface area contributed by atoms with Gasteiger partial charge in [0.2, 0.25) is 5.91 Å². The fraction of sp³-hybridized carbons (Fsp3) is 0.222. The third kappa shape index (κ3) is 3.88. The molecule has 2 atom stereocenters. The summed E-state index contributed by atoms with van der Waals surface area (Å²) < 4.78 is 5.38. The Labute approximate surface area is 134 Å². The zero-order chi connectivity index (χ0) is 16.1. The third-order valence-corrected chi connectivity index (χ3v) is 3.74. The van der Waals surface area contributed by atoms with Crippen LogP contribution in [0.4, 0.5) is 0 Å². The van der Waals surface area contributed by atoms with Crippen LogP contribution in [-0.4, -0.2) is 30.5 Å². The van der Waals surface area contributed by atoms with E-state index in [4.69, 9.17) is 4.74 Å². The monoisotopic (exact) mass is 310 g/mol. The first kappa shape index (κ1) is 15.1. The van der Waals surface area contributed by atoms with Gasteiger partial charge in [-0.2, -0.15) is 0 Å². The zero-order valence-corrected chi connectivity index (χ0v) is 12.6. The first-order valence-corrected chi connectivity index (χ1v) is 7.54. The molecule has 3 rings (SSSR count). The van der Waals surface area contributed by atoms with E-state index in [0.717, 1.165) is 5.56 Å². The smallest absolute Gasteiger partial charge is 0.258 e. The van der Waals surface area contributed by atoms with Gasteiger partial charge in [0, 0.05) is 0 Å². The van der Waals surface area contributed by atoms with Crippen LogP contribution in [0.3, 0.4) is 0 Å². The lowest BCUT2D eigenvalue weighted by Crippen LogP contribution is -2.70. The van der Waals surface area contributed by atoms with Gasteiger partial charge in [0.05, 0.1) is 6.04 Å². The van der Waals surface area contributed by atoms with Crippen molar-refractivity contribution in [2.45, 2.75) is 18.5 Å². The Kier molecular flexibility index (Phi) is 4.57. The van der Waals surface area contributed by atoms with Crippen LogP contribution in [0.15, 0.2) is 60.7 Å². The number of amides is 2. The van der Waals surface area contributed by atoms with Crippen molar-refractivity contribution in [1.82, 2.24) is 10.6 Å². The predicted molar refractivity (Wildman–Crippen MR) is 85.9 cm³/mol. The average molecular weight is 310 g/mol. The lowest BCUT2D eigenvalue weighted by molar-refractivity contribution is -0.136. The Morgan fingerprint density at radius 3 is 2.35 bits per heavy atom. The van der Waals surface area contributed by atoms with Gasteiger partial charge >= 0.3 is 0 Å². The van der Waals surface area contributed by atoms with Crippen molar-refractivity contribution < 1.29 is 14.3 Å². The van der Waals surface area contributed by atoms with Gasteiger partial charge in [-0.05, 0) is 24.1 Å². The maximum atomic E-state index is 11.9. The van der Waals surface area contributed by atoms with E-state index < -0.39 is 6.04 Å². The first-order valence-electron chi connectivity index (χ1n) is 7.54. The molecule has 0 aliphatic carbocycles. The Morgan fingerprint density at radius 1 is 1.04 bits per heavy atom. The summed E-state index contributed by atoms with van der Waals surface area (Å²) in [5.41, 5.74) is 1.12. The summed E-state index contributed by atoms with van der Waals surface area (Å²) in [5.74, 6) is 0.173. The van der Waals surface area contributed by atoms with Gasteiger partial charge in [-0.3, -0.25) is 9.59 Å². The molecule has 2 N–H and O–H groups in total. The molecule has 0 spiro atoms. The second kappa shape index (κ2) is 6.96. The van der Waals surface area contributed by atoms with E-state index in [-0.39, 0.29) is 24.5 Å². The molecule has 5 nitrogen and oxygen atoms in total. The second-order valence-electron chi connectivity index (χ2n) is 5.45. The summed E-state index contributed by atoms with van der Waals surface area (Å²) >= 11 is 0. The van der Waals surface area contributed by atoms with Crippen molar-refractivity contribution in [2.75, 3.05) is 6.61 Å². The topological polar surface area (TPSA) is 67.4 Å². The van der Waals surface area contributed by atoms with Gasteiger partial charge in [-0.1, -0.05) is 48.5 Å². The van der Waals surface area contributed by atoms with Crippen molar-refractivity contribution in [3.8, 4) is 5.75 Å². The van der Waals surface area contributed by atoms with E-state index in [2.05, 4.69) is 10.6 Å². The molecule has 2 aromatic rings. The number of carbonyl (C=O) groups excluding carboxylic acids is 2. The Hall–Kier alpha value is -2.82. The van der Waals surface area contributed by atoms with E-state index in [1.54, 1.807) is 12.1 Å². The highest BCUT2D eigenvalue weighted by atomic mass is 16.5. The van der Waals surface area contributed by atoms with Crippen molar-refractivity contribution in [2.24, 2.45) is 0 Å². The molecule has 0 radical (unpaired) electrons. The molecule has 1 fully saturated rings. The molecule has 0 saturated carbocycles. The molecular formula is C18H18N2O3. The number of hydrogen-bond donors (Lipinski definition) is 2. The summed E-state index contributed by atoms with van der Waals surface area (Å²) in [6.45, 7) is -0.105. The SMILES string of the molecule is O=C(COc1ccccc1)N[C@@H]1C(=O)N[C@@H]1Cc1ccccc1. The van der Waals surface area contributed by atoms with Gasteiger partial charge < -0.3 is 15.4 Å². The predicted octanol–water partition coefficient (Wildman–Crippen LogP) is 1.29. The lowest BCUT2D eigenvalue weighted by atomic mass is 9.92. The molecule has 0 aromatic heterocycles. The summed E-state index contributed by atoms with van der Waals surface area (Å²) in [4.78, 5) is 23.6. The van der Waals surface area contributed by atoms with Crippen molar-refractivity contribution >= 4 is 11.8 Å². The van der Waals surface area contributed by atoms with E-state index >= 15 is 0 Å². The molecule has 5 heteroatoms. The largest absolute Gasteiger partial charge is 0.484 e. The van der Waals surface area contributed by atoms with E-state index in [9.17, 15) is 9.59 Å². The zero-order valence-electron chi connectivity index (χ0n) is 12.6. The highest BCUT2D eigenvalue weighted by Gasteiger charge is 2.40. The molecule has 1 saturated heterocycles. The van der Waals surface area contributed by atoms with E-state index in [0.29, 0.717) is 12.2 Å². The Bertz CT molecular complexity index is 673. The molecule has 0 bridgehead atoms. The molecule has 1 aliphatic heterocycles. The van der Waals surface area contributed by atoms with Crippen LogP contribution in [0, 0.1) is 0 Å². The van der Waals surface area contributed by atoms with Crippen molar-refractivity contribution in [3.63, 3.8) is 0 Å². The van der Waals surface area contributed by atoms with Crippen LogP contribution in [0.5, 0.6) is 5.75 Å². The van der Waals surface area contributed by atoms with Crippen molar-refractivity contribution in [1.29, 1.82) is 0 Å². The molecule has 1 heterocycles. The molecule has 0 unspecified atom stereocenters. The highest BCUT2D eigenvalue weighted by molar-refractivity contribution is 5.93. The van der Waals surface area contributed by atoms with Crippen LogP contribution in [0.2, 0.25) is 0 Å². The second-order valence-corrected chi connectivity index (χ2v) is 5.45. The maximum absolute atomic E-state index is 11.9. The number of ether oxygens (including phenoxy) is 1. The van der Waals surface area contributed by atoms with Crippen LogP contribution in [0.25, 0.3) is 0 Å². The number of benzene rings is 2. The first-order chi connectivity index (χ1) is 11.2. The van der Waals surface area contributed by atoms with Gasteiger partial charge in [0.15, 0.2) is 6.61 Å². The minimum Gasteiger partial charge on any atom is -0.484 e. The van der Waals surface area contributed by atoms with Gasteiger partial charge in [0.25, 0.3) is 5.91 Å². The van der Waals surface area contributed by atoms with Crippen LogP contribution >= 0.6 is 0 Å². The molecule has 2 aromatic carbocycles. The minimum absolute atomic E-state index is 0.0782.